The van der Waals surface area contributed by atoms with Crippen LogP contribution in [0.4, 0.5) is 0 Å². The maximum atomic E-state index is 4.96. The summed E-state index contributed by atoms with van der Waals surface area (Å²) in [6, 6.07) is 5.99. The molecule has 4 heteroatoms. The van der Waals surface area contributed by atoms with Crippen LogP contribution in [-0.2, 0) is 4.74 Å². The van der Waals surface area contributed by atoms with Crippen molar-refractivity contribution in [1.29, 1.82) is 0 Å². The van der Waals surface area contributed by atoms with Gasteiger partial charge in [-0.15, -0.1) is 11.8 Å². The third kappa shape index (κ3) is 6.49. The van der Waals surface area contributed by atoms with Crippen molar-refractivity contribution in [1.82, 2.24) is 10.3 Å². The zero-order valence-electron chi connectivity index (χ0n) is 9.11. The molecule has 0 bridgehead atoms. The van der Waals surface area contributed by atoms with E-state index in [-0.39, 0.29) is 0 Å². The molecule has 0 radical (unpaired) electrons. The Morgan fingerprint density at radius 3 is 3.07 bits per heavy atom. The van der Waals surface area contributed by atoms with Gasteiger partial charge in [0.05, 0.1) is 5.03 Å². The van der Waals surface area contributed by atoms with Gasteiger partial charge in [0.15, 0.2) is 0 Å². The van der Waals surface area contributed by atoms with Crippen molar-refractivity contribution in [2.45, 2.75) is 11.4 Å². The van der Waals surface area contributed by atoms with Gasteiger partial charge in [-0.25, -0.2) is 4.98 Å². The van der Waals surface area contributed by atoms with E-state index < -0.39 is 0 Å². The summed E-state index contributed by atoms with van der Waals surface area (Å²) in [6.07, 6.45) is 2.90. The van der Waals surface area contributed by atoms with Crippen molar-refractivity contribution in [2.75, 3.05) is 32.6 Å². The van der Waals surface area contributed by atoms with Gasteiger partial charge in [0.1, 0.15) is 0 Å². The molecule has 0 saturated carbocycles. The standard InChI is InChI=1S/C11H18N2OS/c1-14-9-4-6-12-8-10-15-11-5-2-3-7-13-11/h2-3,5,7,12H,4,6,8-10H2,1H3. The second-order valence-corrected chi connectivity index (χ2v) is 4.23. The van der Waals surface area contributed by atoms with Crippen LogP contribution in [0.15, 0.2) is 29.4 Å². The molecule has 0 aromatic carbocycles. The van der Waals surface area contributed by atoms with Crippen molar-refractivity contribution in [3.05, 3.63) is 24.4 Å². The molecular weight excluding hydrogens is 208 g/mol. The lowest BCUT2D eigenvalue weighted by molar-refractivity contribution is 0.194. The summed E-state index contributed by atoms with van der Waals surface area (Å²) in [5, 5.41) is 4.46. The molecule has 0 spiro atoms. The number of rotatable bonds is 8. The molecule has 1 N–H and O–H groups in total. The summed E-state index contributed by atoms with van der Waals surface area (Å²) >= 11 is 1.78. The molecule has 0 aliphatic carbocycles. The molecule has 3 nitrogen and oxygen atoms in total. The van der Waals surface area contributed by atoms with E-state index in [9.17, 15) is 0 Å². The number of nitrogens with one attached hydrogen (secondary N) is 1. The summed E-state index contributed by atoms with van der Waals surface area (Å²) in [6.45, 7) is 2.88. The average molecular weight is 226 g/mol. The molecule has 1 rings (SSSR count). The van der Waals surface area contributed by atoms with Crippen LogP contribution in [0.3, 0.4) is 0 Å². The van der Waals surface area contributed by atoms with Gasteiger partial charge >= 0.3 is 0 Å². The van der Waals surface area contributed by atoms with Crippen molar-refractivity contribution in [3.8, 4) is 0 Å². The highest BCUT2D eigenvalue weighted by Crippen LogP contribution is 2.12. The van der Waals surface area contributed by atoms with Crippen molar-refractivity contribution in [2.24, 2.45) is 0 Å². The van der Waals surface area contributed by atoms with E-state index in [0.29, 0.717) is 0 Å². The van der Waals surface area contributed by atoms with Gasteiger partial charge < -0.3 is 10.1 Å². The van der Waals surface area contributed by atoms with E-state index in [1.807, 2.05) is 24.4 Å². The summed E-state index contributed by atoms with van der Waals surface area (Å²) < 4.78 is 4.96. The Morgan fingerprint density at radius 2 is 2.33 bits per heavy atom. The smallest absolute Gasteiger partial charge is 0.0960 e. The summed E-state index contributed by atoms with van der Waals surface area (Å²) in [5.41, 5.74) is 0. The van der Waals surface area contributed by atoms with Crippen molar-refractivity contribution in [3.63, 3.8) is 0 Å². The largest absolute Gasteiger partial charge is 0.385 e. The highest BCUT2D eigenvalue weighted by molar-refractivity contribution is 7.99. The molecule has 0 fully saturated rings. The quantitative estimate of drug-likeness (QED) is 0.541. The average Bonchev–Trinajstić information content (AvgIpc) is 2.29. The van der Waals surface area contributed by atoms with Crippen LogP contribution in [0.25, 0.3) is 0 Å². The number of aromatic nitrogens is 1. The summed E-state index contributed by atoms with van der Waals surface area (Å²) in [5.74, 6) is 1.06. The van der Waals surface area contributed by atoms with Gasteiger partial charge in [-0.3, -0.25) is 0 Å². The van der Waals surface area contributed by atoms with Gasteiger partial charge in [0, 0.05) is 32.2 Å². The van der Waals surface area contributed by atoms with Gasteiger partial charge in [0.25, 0.3) is 0 Å². The molecule has 0 unspecified atom stereocenters. The van der Waals surface area contributed by atoms with E-state index in [2.05, 4.69) is 10.3 Å². The normalized spacial score (nSPS) is 10.5. The first-order valence-electron chi connectivity index (χ1n) is 5.17. The fourth-order valence-corrected chi connectivity index (χ4v) is 1.89. The first-order chi connectivity index (χ1) is 7.43. The van der Waals surface area contributed by atoms with Gasteiger partial charge in [-0.2, -0.15) is 0 Å². The number of hydrogen-bond acceptors (Lipinski definition) is 4. The Bertz CT molecular complexity index is 244. The van der Waals surface area contributed by atoms with E-state index in [1.54, 1.807) is 18.9 Å². The first-order valence-corrected chi connectivity index (χ1v) is 6.15. The lowest BCUT2D eigenvalue weighted by Gasteiger charge is -2.03. The predicted octanol–water partition coefficient (Wildman–Crippen LogP) is 1.80. The molecule has 1 aromatic heterocycles. The topological polar surface area (TPSA) is 34.1 Å². The molecule has 0 aliphatic heterocycles. The SMILES string of the molecule is COCCCNCCSc1ccccn1. The third-order valence-electron chi connectivity index (χ3n) is 1.87. The van der Waals surface area contributed by atoms with E-state index in [1.165, 1.54) is 0 Å². The van der Waals surface area contributed by atoms with Crippen LogP contribution in [0.5, 0.6) is 0 Å². The Hall–Kier alpha value is -0.580. The Balaban J connectivity index is 1.93. The van der Waals surface area contributed by atoms with Crippen LogP contribution in [0, 0.1) is 0 Å². The number of pyridine rings is 1. The van der Waals surface area contributed by atoms with Crippen LogP contribution in [-0.4, -0.2) is 37.5 Å². The molecular formula is C11H18N2OS. The maximum absolute atomic E-state index is 4.96. The Labute approximate surface area is 95.6 Å². The predicted molar refractivity (Wildman–Crippen MR) is 64.3 cm³/mol. The number of nitrogens with zero attached hydrogens (tertiary/aromatic N) is 1. The monoisotopic (exact) mass is 226 g/mol. The third-order valence-corrected chi connectivity index (χ3v) is 2.81. The molecule has 0 amide bonds. The van der Waals surface area contributed by atoms with Gasteiger partial charge in [0.2, 0.25) is 0 Å². The lowest BCUT2D eigenvalue weighted by Crippen LogP contribution is -2.19. The molecule has 1 heterocycles. The highest BCUT2D eigenvalue weighted by Gasteiger charge is 1.93. The molecule has 0 atom stereocenters. The lowest BCUT2D eigenvalue weighted by atomic mass is 10.4. The number of thioether (sulfide) groups is 1. The Morgan fingerprint density at radius 1 is 1.40 bits per heavy atom. The molecule has 84 valence electrons. The van der Waals surface area contributed by atoms with E-state index in [0.717, 1.165) is 36.9 Å². The summed E-state index contributed by atoms with van der Waals surface area (Å²) in [7, 11) is 1.73. The molecule has 0 aliphatic rings. The van der Waals surface area contributed by atoms with Gasteiger partial charge in [-0.1, -0.05) is 6.07 Å². The molecule has 1 aromatic rings. The van der Waals surface area contributed by atoms with Crippen LogP contribution < -0.4 is 5.32 Å². The number of ether oxygens (including phenoxy) is 1. The zero-order valence-corrected chi connectivity index (χ0v) is 9.93. The number of hydrogen-bond donors (Lipinski definition) is 1. The van der Waals surface area contributed by atoms with Crippen LogP contribution >= 0.6 is 11.8 Å². The maximum Gasteiger partial charge on any atom is 0.0960 e. The van der Waals surface area contributed by atoms with Crippen LogP contribution in [0.2, 0.25) is 0 Å². The van der Waals surface area contributed by atoms with Crippen molar-refractivity contribution < 1.29 is 4.74 Å². The fraction of sp³-hybridized carbons (Fsp3) is 0.545. The Kier molecular flexibility index (Phi) is 7.25. The minimum absolute atomic E-state index is 0.834. The minimum Gasteiger partial charge on any atom is -0.385 e. The first kappa shape index (κ1) is 12.5. The minimum atomic E-state index is 0.834. The summed E-state index contributed by atoms with van der Waals surface area (Å²) in [4.78, 5) is 4.24. The number of methoxy groups -OCH3 is 1. The van der Waals surface area contributed by atoms with E-state index in [4.69, 9.17) is 4.74 Å². The van der Waals surface area contributed by atoms with Gasteiger partial charge in [-0.05, 0) is 25.1 Å². The molecule has 0 saturated heterocycles. The highest BCUT2D eigenvalue weighted by atomic mass is 32.2. The zero-order chi connectivity index (χ0) is 10.8. The van der Waals surface area contributed by atoms with Crippen molar-refractivity contribution >= 4 is 11.8 Å². The second-order valence-electron chi connectivity index (χ2n) is 3.11. The van der Waals surface area contributed by atoms with Crippen LogP contribution in [0.1, 0.15) is 6.42 Å². The van der Waals surface area contributed by atoms with E-state index >= 15 is 0 Å². The second kappa shape index (κ2) is 8.71. The fourth-order valence-electron chi connectivity index (χ4n) is 1.13. The molecule has 15 heavy (non-hydrogen) atoms.